The Morgan fingerprint density at radius 3 is 3.00 bits per heavy atom. The van der Waals surface area contributed by atoms with Gasteiger partial charge in [0.1, 0.15) is 0 Å². The molecule has 0 fully saturated rings. The van der Waals surface area contributed by atoms with Gasteiger partial charge < -0.3 is 10.3 Å². The minimum absolute atomic E-state index is 0.0120. The lowest BCUT2D eigenvalue weighted by Gasteiger charge is -1.96. The molecule has 0 amide bonds. The van der Waals surface area contributed by atoms with Gasteiger partial charge in [0.25, 0.3) is 0 Å². The van der Waals surface area contributed by atoms with Crippen molar-refractivity contribution in [2.45, 2.75) is 6.54 Å². The van der Waals surface area contributed by atoms with Crippen molar-refractivity contribution in [3.05, 3.63) is 18.7 Å². The normalized spacial score (nSPS) is 9.70. The molecule has 0 saturated carbocycles. The third-order valence-corrected chi connectivity index (χ3v) is 1.15. The van der Waals surface area contributed by atoms with Crippen LogP contribution in [0.4, 0.5) is 0 Å². The van der Waals surface area contributed by atoms with E-state index in [-0.39, 0.29) is 12.3 Å². The molecule has 0 saturated heterocycles. The molecular weight excluding hydrogens is 130 g/mol. The van der Waals surface area contributed by atoms with Gasteiger partial charge in [-0.25, -0.2) is 4.98 Å². The number of nitrogens with zero attached hydrogens (tertiary/aromatic N) is 2. The number of Topliss-reactive ketones (excluding diaryl/α,β-unsaturated/α-hetero) is 1. The number of rotatable bonds is 3. The van der Waals surface area contributed by atoms with Crippen LogP contribution in [0.1, 0.15) is 0 Å². The molecule has 54 valence electrons. The summed E-state index contributed by atoms with van der Waals surface area (Å²) < 4.78 is 1.69. The lowest BCUT2D eigenvalue weighted by Crippen LogP contribution is -2.18. The van der Waals surface area contributed by atoms with Crippen LogP contribution < -0.4 is 5.73 Å². The summed E-state index contributed by atoms with van der Waals surface area (Å²) in [6.45, 7) is 0.425. The summed E-state index contributed by atoms with van der Waals surface area (Å²) in [4.78, 5) is 14.5. The number of hydrogen-bond acceptors (Lipinski definition) is 3. The summed E-state index contributed by atoms with van der Waals surface area (Å²) in [6.07, 6.45) is 4.95. The van der Waals surface area contributed by atoms with Crippen molar-refractivity contribution in [2.75, 3.05) is 6.54 Å². The van der Waals surface area contributed by atoms with E-state index in [0.717, 1.165) is 0 Å². The largest absolute Gasteiger partial charge is 0.330 e. The topological polar surface area (TPSA) is 60.9 Å². The highest BCUT2D eigenvalue weighted by Gasteiger charge is 1.97. The monoisotopic (exact) mass is 139 g/mol. The van der Waals surface area contributed by atoms with E-state index in [9.17, 15) is 4.79 Å². The van der Waals surface area contributed by atoms with E-state index in [2.05, 4.69) is 4.98 Å². The number of carbonyl (C=O) groups is 1. The van der Waals surface area contributed by atoms with E-state index in [0.29, 0.717) is 6.54 Å². The Hall–Kier alpha value is -1.16. The Morgan fingerprint density at radius 1 is 1.70 bits per heavy atom. The van der Waals surface area contributed by atoms with Gasteiger partial charge in [-0.2, -0.15) is 0 Å². The van der Waals surface area contributed by atoms with E-state index in [1.807, 2.05) is 0 Å². The van der Waals surface area contributed by atoms with Gasteiger partial charge in [-0.05, 0) is 0 Å². The van der Waals surface area contributed by atoms with E-state index in [4.69, 9.17) is 5.73 Å². The SMILES string of the molecule is NCC(=O)Cn1ccnc1. The summed E-state index contributed by atoms with van der Waals surface area (Å²) in [5, 5.41) is 0. The first-order chi connectivity index (χ1) is 4.83. The van der Waals surface area contributed by atoms with Gasteiger partial charge in [0.15, 0.2) is 5.78 Å². The van der Waals surface area contributed by atoms with E-state index >= 15 is 0 Å². The predicted octanol–water partition coefficient (Wildman–Crippen LogP) is -0.589. The van der Waals surface area contributed by atoms with Crippen LogP contribution in [-0.2, 0) is 11.3 Å². The molecule has 1 aromatic heterocycles. The van der Waals surface area contributed by atoms with E-state index < -0.39 is 0 Å². The highest BCUT2D eigenvalue weighted by molar-refractivity contribution is 5.79. The van der Waals surface area contributed by atoms with Gasteiger partial charge in [-0.15, -0.1) is 0 Å². The number of carbonyl (C=O) groups excluding carboxylic acids is 1. The first-order valence-electron chi connectivity index (χ1n) is 3.00. The van der Waals surface area contributed by atoms with Gasteiger partial charge in [0.05, 0.1) is 19.4 Å². The van der Waals surface area contributed by atoms with Crippen LogP contribution in [0.2, 0.25) is 0 Å². The zero-order valence-corrected chi connectivity index (χ0v) is 5.53. The first-order valence-corrected chi connectivity index (χ1v) is 3.00. The summed E-state index contributed by atoms with van der Waals surface area (Å²) in [5.41, 5.74) is 5.11. The third-order valence-electron chi connectivity index (χ3n) is 1.15. The summed E-state index contributed by atoms with van der Waals surface area (Å²) in [5.74, 6) is 0.0120. The molecule has 0 unspecified atom stereocenters. The molecular formula is C6H9N3O. The quantitative estimate of drug-likeness (QED) is 0.609. The highest BCUT2D eigenvalue weighted by Crippen LogP contribution is 1.84. The van der Waals surface area contributed by atoms with Crippen molar-refractivity contribution in [3.63, 3.8) is 0 Å². The Morgan fingerprint density at radius 2 is 2.50 bits per heavy atom. The molecule has 10 heavy (non-hydrogen) atoms. The summed E-state index contributed by atoms with van der Waals surface area (Å²) in [7, 11) is 0. The Labute approximate surface area is 58.7 Å². The molecule has 0 aliphatic rings. The number of imidazole rings is 1. The molecule has 0 aromatic carbocycles. The van der Waals surface area contributed by atoms with Crippen LogP contribution in [0.15, 0.2) is 18.7 Å². The first kappa shape index (κ1) is 6.95. The molecule has 0 atom stereocenters. The smallest absolute Gasteiger partial charge is 0.166 e. The van der Waals surface area contributed by atoms with Crippen molar-refractivity contribution < 1.29 is 4.79 Å². The predicted molar refractivity (Wildman–Crippen MR) is 36.3 cm³/mol. The number of ketones is 1. The standard InChI is InChI=1S/C6H9N3O/c7-3-6(10)4-9-2-1-8-5-9/h1-2,5H,3-4,7H2. The summed E-state index contributed by atoms with van der Waals surface area (Å²) in [6, 6.07) is 0. The molecule has 1 rings (SSSR count). The molecule has 2 N–H and O–H groups in total. The minimum atomic E-state index is 0.0120. The second-order valence-electron chi connectivity index (χ2n) is 1.98. The summed E-state index contributed by atoms with van der Waals surface area (Å²) >= 11 is 0. The molecule has 1 aromatic rings. The zero-order chi connectivity index (χ0) is 7.40. The van der Waals surface area contributed by atoms with Gasteiger partial charge in [0, 0.05) is 12.4 Å². The Bertz CT molecular complexity index is 205. The lowest BCUT2D eigenvalue weighted by molar-refractivity contribution is -0.118. The Balaban J connectivity index is 2.48. The number of hydrogen-bond donors (Lipinski definition) is 1. The van der Waals surface area contributed by atoms with Gasteiger partial charge >= 0.3 is 0 Å². The molecule has 0 radical (unpaired) electrons. The maximum atomic E-state index is 10.7. The second-order valence-corrected chi connectivity index (χ2v) is 1.98. The van der Waals surface area contributed by atoms with Crippen LogP contribution >= 0.6 is 0 Å². The van der Waals surface area contributed by atoms with Gasteiger partial charge in [-0.1, -0.05) is 0 Å². The molecule has 0 spiro atoms. The molecule has 1 heterocycles. The Kier molecular flexibility index (Phi) is 2.17. The average Bonchev–Trinajstić information content (AvgIpc) is 2.40. The van der Waals surface area contributed by atoms with Crippen LogP contribution in [0, 0.1) is 0 Å². The minimum Gasteiger partial charge on any atom is -0.330 e. The van der Waals surface area contributed by atoms with Gasteiger partial charge in [0.2, 0.25) is 0 Å². The molecule has 4 heteroatoms. The van der Waals surface area contributed by atoms with Crippen molar-refractivity contribution in [2.24, 2.45) is 5.73 Å². The van der Waals surface area contributed by atoms with Crippen LogP contribution in [0.25, 0.3) is 0 Å². The lowest BCUT2D eigenvalue weighted by atomic mass is 10.4. The zero-order valence-electron chi connectivity index (χ0n) is 5.53. The average molecular weight is 139 g/mol. The highest BCUT2D eigenvalue weighted by atomic mass is 16.1. The van der Waals surface area contributed by atoms with Crippen LogP contribution in [-0.4, -0.2) is 21.9 Å². The molecule has 4 nitrogen and oxygen atoms in total. The van der Waals surface area contributed by atoms with Crippen molar-refractivity contribution in [1.29, 1.82) is 0 Å². The fraction of sp³-hybridized carbons (Fsp3) is 0.333. The molecule has 0 aliphatic heterocycles. The second kappa shape index (κ2) is 3.12. The van der Waals surface area contributed by atoms with Crippen LogP contribution in [0.3, 0.4) is 0 Å². The van der Waals surface area contributed by atoms with Crippen molar-refractivity contribution in [3.8, 4) is 0 Å². The van der Waals surface area contributed by atoms with Crippen molar-refractivity contribution in [1.82, 2.24) is 9.55 Å². The number of aromatic nitrogens is 2. The fourth-order valence-corrected chi connectivity index (χ4v) is 0.648. The third kappa shape index (κ3) is 1.66. The van der Waals surface area contributed by atoms with Crippen LogP contribution in [0.5, 0.6) is 0 Å². The molecule has 0 aliphatic carbocycles. The van der Waals surface area contributed by atoms with Gasteiger partial charge in [-0.3, -0.25) is 4.79 Å². The van der Waals surface area contributed by atoms with E-state index in [1.165, 1.54) is 0 Å². The van der Waals surface area contributed by atoms with Crippen molar-refractivity contribution >= 4 is 5.78 Å². The maximum Gasteiger partial charge on any atom is 0.166 e. The fourth-order valence-electron chi connectivity index (χ4n) is 0.648. The molecule has 0 bridgehead atoms. The number of nitrogens with two attached hydrogens (primary N) is 1. The maximum absolute atomic E-state index is 10.7. The van der Waals surface area contributed by atoms with E-state index in [1.54, 1.807) is 23.3 Å².